The number of nitrogens with zero attached hydrogens (tertiary/aromatic N) is 3. The smallest absolute Gasteiger partial charge is 0.310 e. The highest BCUT2D eigenvalue weighted by Crippen LogP contribution is 2.24. The van der Waals surface area contributed by atoms with Crippen LogP contribution >= 0.6 is 0 Å². The average molecular weight is 478 g/mol. The number of piperidine rings is 1. The molecule has 0 bridgehead atoms. The number of anilines is 1. The standard InChI is InChI=1S/C26H27N3O6/c1-2-35-26(34)18-9-8-14-27(15-18)22(30)16-28(19-10-4-3-5-11-19)23(31)17-29-24(32)20-12-6-7-13-21(20)25(29)33/h3-7,10-13,18H,2,8-9,14-17H2,1H3. The van der Waals surface area contributed by atoms with Crippen LogP contribution in [0.1, 0.15) is 40.5 Å². The number of para-hydroxylation sites is 1. The van der Waals surface area contributed by atoms with E-state index in [1.54, 1.807) is 66.4 Å². The van der Waals surface area contributed by atoms with Gasteiger partial charge in [0.15, 0.2) is 0 Å². The molecule has 4 rings (SSSR count). The van der Waals surface area contributed by atoms with E-state index in [1.807, 2.05) is 0 Å². The number of benzene rings is 2. The van der Waals surface area contributed by atoms with Gasteiger partial charge in [0.1, 0.15) is 13.1 Å². The molecule has 35 heavy (non-hydrogen) atoms. The van der Waals surface area contributed by atoms with Gasteiger partial charge in [0.25, 0.3) is 11.8 Å². The normalized spacial score (nSPS) is 17.2. The maximum absolute atomic E-state index is 13.4. The monoisotopic (exact) mass is 477 g/mol. The van der Waals surface area contributed by atoms with Gasteiger partial charge in [0.2, 0.25) is 11.8 Å². The molecule has 9 nitrogen and oxygen atoms in total. The minimum absolute atomic E-state index is 0.229. The Morgan fingerprint density at radius 1 is 0.971 bits per heavy atom. The van der Waals surface area contributed by atoms with Crippen LogP contribution in [0, 0.1) is 5.92 Å². The van der Waals surface area contributed by atoms with Crippen molar-refractivity contribution >= 4 is 35.3 Å². The van der Waals surface area contributed by atoms with Gasteiger partial charge in [-0.3, -0.25) is 28.9 Å². The van der Waals surface area contributed by atoms with Crippen molar-refractivity contribution in [3.63, 3.8) is 0 Å². The molecule has 9 heteroatoms. The fourth-order valence-electron chi connectivity index (χ4n) is 4.43. The highest BCUT2D eigenvalue weighted by molar-refractivity contribution is 6.22. The predicted octanol–water partition coefficient (Wildman–Crippen LogP) is 2.12. The van der Waals surface area contributed by atoms with Crippen LogP contribution in [0.25, 0.3) is 0 Å². The second-order valence-electron chi connectivity index (χ2n) is 8.49. The lowest BCUT2D eigenvalue weighted by molar-refractivity contribution is -0.151. The molecule has 2 aliphatic heterocycles. The van der Waals surface area contributed by atoms with Crippen molar-refractivity contribution in [2.45, 2.75) is 19.8 Å². The fourth-order valence-corrected chi connectivity index (χ4v) is 4.43. The molecule has 2 aromatic rings. The Labute approximate surface area is 203 Å². The molecule has 0 N–H and O–H groups in total. The molecule has 1 saturated heterocycles. The number of ether oxygens (including phenoxy) is 1. The molecule has 0 aromatic heterocycles. The first-order valence-corrected chi connectivity index (χ1v) is 11.7. The summed E-state index contributed by atoms with van der Waals surface area (Å²) >= 11 is 0. The molecule has 182 valence electrons. The average Bonchev–Trinajstić information content (AvgIpc) is 3.12. The maximum atomic E-state index is 13.4. The van der Waals surface area contributed by atoms with E-state index in [-0.39, 0.29) is 42.7 Å². The Kier molecular flexibility index (Phi) is 7.24. The number of carbonyl (C=O) groups excluding carboxylic acids is 5. The summed E-state index contributed by atoms with van der Waals surface area (Å²) in [7, 11) is 0. The lowest BCUT2D eigenvalue weighted by atomic mass is 9.98. The fraction of sp³-hybridized carbons (Fsp3) is 0.346. The Bertz CT molecular complexity index is 1110. The second-order valence-corrected chi connectivity index (χ2v) is 8.49. The van der Waals surface area contributed by atoms with Crippen LogP contribution in [-0.4, -0.2) is 72.2 Å². The maximum Gasteiger partial charge on any atom is 0.310 e. The van der Waals surface area contributed by atoms with Crippen LogP contribution in [-0.2, 0) is 19.1 Å². The van der Waals surface area contributed by atoms with Gasteiger partial charge in [-0.25, -0.2) is 0 Å². The minimum Gasteiger partial charge on any atom is -0.466 e. The van der Waals surface area contributed by atoms with Crippen molar-refractivity contribution in [1.29, 1.82) is 0 Å². The molecule has 0 radical (unpaired) electrons. The number of carbonyl (C=O) groups is 5. The van der Waals surface area contributed by atoms with E-state index in [2.05, 4.69) is 0 Å². The number of esters is 1. The number of hydrogen-bond acceptors (Lipinski definition) is 6. The van der Waals surface area contributed by atoms with Gasteiger partial charge in [-0.15, -0.1) is 0 Å². The highest BCUT2D eigenvalue weighted by Gasteiger charge is 2.38. The van der Waals surface area contributed by atoms with Crippen LogP contribution in [0.3, 0.4) is 0 Å². The van der Waals surface area contributed by atoms with Crippen molar-refractivity contribution in [3.05, 3.63) is 65.7 Å². The largest absolute Gasteiger partial charge is 0.466 e. The van der Waals surface area contributed by atoms with E-state index in [0.29, 0.717) is 25.1 Å². The van der Waals surface area contributed by atoms with Crippen LogP contribution in [0.4, 0.5) is 5.69 Å². The van der Waals surface area contributed by atoms with Crippen molar-refractivity contribution < 1.29 is 28.7 Å². The van der Waals surface area contributed by atoms with E-state index in [9.17, 15) is 24.0 Å². The van der Waals surface area contributed by atoms with Crippen molar-refractivity contribution in [1.82, 2.24) is 9.80 Å². The van der Waals surface area contributed by atoms with Gasteiger partial charge < -0.3 is 14.5 Å². The van der Waals surface area contributed by atoms with Gasteiger partial charge in [-0.1, -0.05) is 30.3 Å². The van der Waals surface area contributed by atoms with E-state index in [0.717, 1.165) is 4.90 Å². The number of rotatable bonds is 7. The lowest BCUT2D eigenvalue weighted by Gasteiger charge is -2.33. The predicted molar refractivity (Wildman–Crippen MR) is 127 cm³/mol. The first kappa shape index (κ1) is 24.1. The van der Waals surface area contributed by atoms with Gasteiger partial charge in [-0.2, -0.15) is 0 Å². The number of amides is 4. The quantitative estimate of drug-likeness (QED) is 0.447. The number of likely N-dealkylation sites (tertiary alicyclic amines) is 1. The van der Waals surface area contributed by atoms with Crippen LogP contribution in [0.2, 0.25) is 0 Å². The summed E-state index contributed by atoms with van der Waals surface area (Å²) in [5.41, 5.74) is 0.985. The number of fused-ring (bicyclic) bond motifs is 1. The van der Waals surface area contributed by atoms with Crippen molar-refractivity contribution in [2.24, 2.45) is 5.92 Å². The molecular formula is C26H27N3O6. The van der Waals surface area contributed by atoms with Crippen molar-refractivity contribution in [2.75, 3.05) is 37.7 Å². The summed E-state index contributed by atoms with van der Waals surface area (Å²) in [5, 5.41) is 0. The summed E-state index contributed by atoms with van der Waals surface area (Å²) < 4.78 is 5.11. The topological polar surface area (TPSA) is 104 Å². The Hall–Kier alpha value is -4.01. The third-order valence-electron chi connectivity index (χ3n) is 6.23. The van der Waals surface area contributed by atoms with Gasteiger partial charge in [0, 0.05) is 18.8 Å². The Balaban J connectivity index is 1.50. The van der Waals surface area contributed by atoms with Crippen molar-refractivity contribution in [3.8, 4) is 0 Å². The van der Waals surface area contributed by atoms with E-state index in [1.165, 1.54) is 4.90 Å². The summed E-state index contributed by atoms with van der Waals surface area (Å²) in [6.45, 7) is 1.96. The second kappa shape index (κ2) is 10.5. The molecule has 2 aromatic carbocycles. The number of hydrogen-bond donors (Lipinski definition) is 0. The molecule has 4 amide bonds. The first-order valence-electron chi connectivity index (χ1n) is 11.7. The molecule has 0 aliphatic carbocycles. The van der Waals surface area contributed by atoms with Gasteiger partial charge in [-0.05, 0) is 44.0 Å². The zero-order chi connectivity index (χ0) is 24.9. The molecule has 1 fully saturated rings. The summed E-state index contributed by atoms with van der Waals surface area (Å²) in [6, 6.07) is 15.0. The van der Waals surface area contributed by atoms with Gasteiger partial charge in [0.05, 0.1) is 23.7 Å². The summed E-state index contributed by atoms with van der Waals surface area (Å²) in [5.74, 6) is -2.67. The summed E-state index contributed by atoms with van der Waals surface area (Å²) in [4.78, 5) is 67.9. The molecule has 1 atom stereocenters. The van der Waals surface area contributed by atoms with Crippen LogP contribution < -0.4 is 4.90 Å². The molecule has 0 spiro atoms. The summed E-state index contributed by atoms with van der Waals surface area (Å²) in [6.07, 6.45) is 1.30. The Morgan fingerprint density at radius 3 is 2.23 bits per heavy atom. The van der Waals surface area contributed by atoms with Crippen LogP contribution in [0.15, 0.2) is 54.6 Å². The number of imide groups is 1. The lowest BCUT2D eigenvalue weighted by Crippen LogP contribution is -2.50. The first-order chi connectivity index (χ1) is 16.9. The van der Waals surface area contributed by atoms with E-state index < -0.39 is 30.2 Å². The zero-order valence-electron chi connectivity index (χ0n) is 19.5. The molecule has 0 saturated carbocycles. The molecule has 2 heterocycles. The highest BCUT2D eigenvalue weighted by atomic mass is 16.5. The van der Waals surface area contributed by atoms with E-state index >= 15 is 0 Å². The van der Waals surface area contributed by atoms with Gasteiger partial charge >= 0.3 is 5.97 Å². The van der Waals surface area contributed by atoms with E-state index in [4.69, 9.17) is 4.74 Å². The Morgan fingerprint density at radius 2 is 1.60 bits per heavy atom. The molecule has 1 unspecified atom stereocenters. The molecular weight excluding hydrogens is 450 g/mol. The minimum atomic E-state index is -0.557. The zero-order valence-corrected chi connectivity index (χ0v) is 19.5. The SMILES string of the molecule is CCOC(=O)C1CCCN(C(=O)CN(C(=O)CN2C(=O)c3ccccc3C2=O)c2ccccc2)C1. The third kappa shape index (κ3) is 5.08. The molecule has 2 aliphatic rings. The van der Waals surface area contributed by atoms with Crippen LogP contribution in [0.5, 0.6) is 0 Å². The third-order valence-corrected chi connectivity index (χ3v) is 6.23.